The van der Waals surface area contributed by atoms with Crippen LogP contribution < -0.4 is 10.5 Å². The number of rotatable bonds is 4. The Labute approximate surface area is 128 Å². The number of ether oxygens (including phenoxy) is 1. The quantitative estimate of drug-likeness (QED) is 0.575. The van der Waals surface area contributed by atoms with Gasteiger partial charge in [-0.2, -0.15) is 4.72 Å². The molecule has 6 nitrogen and oxygen atoms in total. The molecule has 9 heteroatoms. The summed E-state index contributed by atoms with van der Waals surface area (Å²) >= 11 is 6.33. The number of hydrogen-bond donors (Lipinski definition) is 2. The third-order valence-electron chi connectivity index (χ3n) is 2.19. The zero-order valence-electron chi connectivity index (χ0n) is 10.1. The van der Waals surface area contributed by atoms with Crippen molar-refractivity contribution in [2.45, 2.75) is 17.9 Å². The van der Waals surface area contributed by atoms with Gasteiger partial charge in [-0.05, 0) is 35.0 Å². The highest BCUT2D eigenvalue weighted by atomic mass is 79.9. The normalized spacial score (nSPS) is 13.1. The molecular weight excluding hydrogens is 404 g/mol. The number of sulfonamides is 1. The van der Waals surface area contributed by atoms with E-state index in [0.717, 1.165) is 0 Å². The van der Waals surface area contributed by atoms with E-state index in [9.17, 15) is 13.2 Å². The molecule has 0 aliphatic rings. The number of carbonyl (C=O) groups excluding carboxylic acids is 1. The second-order valence-electron chi connectivity index (χ2n) is 3.67. The van der Waals surface area contributed by atoms with Crippen molar-refractivity contribution in [2.75, 3.05) is 12.8 Å². The van der Waals surface area contributed by atoms with Crippen LogP contribution in [-0.4, -0.2) is 27.5 Å². The van der Waals surface area contributed by atoms with Crippen molar-refractivity contribution in [1.82, 2.24) is 4.72 Å². The fourth-order valence-corrected chi connectivity index (χ4v) is 4.64. The van der Waals surface area contributed by atoms with Crippen LogP contribution in [0.5, 0.6) is 0 Å². The van der Waals surface area contributed by atoms with Gasteiger partial charge in [0.15, 0.2) is 0 Å². The van der Waals surface area contributed by atoms with Gasteiger partial charge in [0.05, 0.1) is 12.8 Å². The van der Waals surface area contributed by atoms with E-state index < -0.39 is 22.0 Å². The van der Waals surface area contributed by atoms with Gasteiger partial charge in [-0.1, -0.05) is 15.9 Å². The molecule has 1 atom stereocenters. The number of halogens is 2. The number of nitrogens with two attached hydrogens (primary N) is 1. The summed E-state index contributed by atoms with van der Waals surface area (Å²) in [6.45, 7) is 1.38. The Morgan fingerprint density at radius 2 is 2.00 bits per heavy atom. The predicted molar refractivity (Wildman–Crippen MR) is 78.1 cm³/mol. The first-order chi connectivity index (χ1) is 8.69. The molecule has 1 aromatic carbocycles. The molecule has 0 aliphatic carbocycles. The Morgan fingerprint density at radius 1 is 1.42 bits per heavy atom. The third-order valence-corrected chi connectivity index (χ3v) is 5.20. The fraction of sp³-hybridized carbons (Fsp3) is 0.300. The molecule has 0 bridgehead atoms. The molecule has 0 aliphatic heterocycles. The van der Waals surface area contributed by atoms with E-state index >= 15 is 0 Å². The highest BCUT2D eigenvalue weighted by Gasteiger charge is 2.26. The summed E-state index contributed by atoms with van der Waals surface area (Å²) in [6.07, 6.45) is 0. The van der Waals surface area contributed by atoms with Crippen LogP contribution in [0.1, 0.15) is 6.92 Å². The Kier molecular flexibility index (Phi) is 5.36. The van der Waals surface area contributed by atoms with Gasteiger partial charge in [0, 0.05) is 8.95 Å². The van der Waals surface area contributed by atoms with Crippen LogP contribution in [0.25, 0.3) is 0 Å². The number of benzene rings is 1. The minimum Gasteiger partial charge on any atom is -0.468 e. The Bertz CT molecular complexity index is 581. The molecule has 0 amide bonds. The van der Waals surface area contributed by atoms with Crippen LogP contribution in [0.3, 0.4) is 0 Å². The van der Waals surface area contributed by atoms with Gasteiger partial charge in [0.2, 0.25) is 10.0 Å². The largest absolute Gasteiger partial charge is 0.468 e. The molecule has 19 heavy (non-hydrogen) atoms. The number of nitrogens with one attached hydrogen (secondary N) is 1. The molecule has 0 radical (unpaired) electrons. The van der Waals surface area contributed by atoms with Gasteiger partial charge in [-0.15, -0.1) is 0 Å². The van der Waals surface area contributed by atoms with Crippen LogP contribution in [0.4, 0.5) is 5.69 Å². The van der Waals surface area contributed by atoms with Crippen molar-refractivity contribution >= 4 is 53.5 Å². The Balaban J connectivity index is 3.18. The lowest BCUT2D eigenvalue weighted by Crippen LogP contribution is -2.39. The first kappa shape index (κ1) is 16.4. The zero-order chi connectivity index (χ0) is 14.8. The highest BCUT2D eigenvalue weighted by molar-refractivity contribution is 9.11. The smallest absolute Gasteiger partial charge is 0.323 e. The number of hydrogen-bond acceptors (Lipinski definition) is 5. The van der Waals surface area contributed by atoms with Gasteiger partial charge in [0.1, 0.15) is 10.9 Å². The lowest BCUT2D eigenvalue weighted by Gasteiger charge is -2.14. The molecule has 106 valence electrons. The van der Waals surface area contributed by atoms with Crippen LogP contribution in [0.2, 0.25) is 0 Å². The molecule has 0 saturated heterocycles. The fourth-order valence-electron chi connectivity index (χ4n) is 1.38. The summed E-state index contributed by atoms with van der Waals surface area (Å²) in [6, 6.07) is 2.00. The van der Waals surface area contributed by atoms with E-state index in [1.54, 1.807) is 6.07 Å². The Morgan fingerprint density at radius 3 is 2.47 bits per heavy atom. The molecule has 0 heterocycles. The van der Waals surface area contributed by atoms with Gasteiger partial charge >= 0.3 is 5.97 Å². The van der Waals surface area contributed by atoms with E-state index in [4.69, 9.17) is 5.73 Å². The van der Waals surface area contributed by atoms with Crippen LogP contribution in [0, 0.1) is 0 Å². The molecule has 0 saturated carbocycles. The SMILES string of the molecule is COC(=O)C(C)NS(=O)(=O)c1c(N)cc(Br)cc1Br. The monoisotopic (exact) mass is 414 g/mol. The van der Waals surface area contributed by atoms with E-state index in [1.807, 2.05) is 0 Å². The minimum atomic E-state index is -3.94. The molecule has 0 fully saturated rings. The van der Waals surface area contributed by atoms with E-state index in [-0.39, 0.29) is 10.6 Å². The first-order valence-electron chi connectivity index (χ1n) is 5.03. The van der Waals surface area contributed by atoms with Crippen molar-refractivity contribution in [3.63, 3.8) is 0 Å². The lowest BCUT2D eigenvalue weighted by molar-refractivity contribution is -0.142. The van der Waals surface area contributed by atoms with Crippen molar-refractivity contribution in [3.8, 4) is 0 Å². The maximum atomic E-state index is 12.2. The summed E-state index contributed by atoms with van der Waals surface area (Å²) in [5, 5.41) is 0. The van der Waals surface area contributed by atoms with Gasteiger partial charge in [-0.3, -0.25) is 4.79 Å². The molecule has 0 spiro atoms. The number of nitrogen functional groups attached to an aromatic ring is 1. The highest BCUT2D eigenvalue weighted by Crippen LogP contribution is 2.31. The van der Waals surface area contributed by atoms with Crippen molar-refractivity contribution < 1.29 is 17.9 Å². The standard InChI is InChI=1S/C10H12Br2N2O4S/c1-5(10(15)18-2)14-19(16,17)9-7(12)3-6(11)4-8(9)13/h3-5,14H,13H2,1-2H3. The number of anilines is 1. The maximum Gasteiger partial charge on any atom is 0.323 e. The zero-order valence-corrected chi connectivity index (χ0v) is 14.1. The van der Waals surface area contributed by atoms with Crippen LogP contribution in [-0.2, 0) is 19.6 Å². The second kappa shape index (κ2) is 6.21. The van der Waals surface area contributed by atoms with E-state index in [0.29, 0.717) is 8.95 Å². The predicted octanol–water partition coefficient (Wildman–Crippen LogP) is 1.63. The average Bonchev–Trinajstić information content (AvgIpc) is 2.24. The topological polar surface area (TPSA) is 98.5 Å². The van der Waals surface area contributed by atoms with Crippen LogP contribution in [0.15, 0.2) is 26.0 Å². The van der Waals surface area contributed by atoms with Crippen molar-refractivity contribution in [2.24, 2.45) is 0 Å². The molecule has 3 N–H and O–H groups in total. The van der Waals surface area contributed by atoms with Crippen LogP contribution >= 0.6 is 31.9 Å². The summed E-state index contributed by atoms with van der Waals surface area (Å²) in [7, 11) is -2.76. The van der Waals surface area contributed by atoms with Gasteiger partial charge in [0.25, 0.3) is 0 Å². The first-order valence-corrected chi connectivity index (χ1v) is 8.10. The summed E-state index contributed by atoms with van der Waals surface area (Å²) < 4.78 is 31.9. The van der Waals surface area contributed by atoms with Gasteiger partial charge < -0.3 is 10.5 Å². The second-order valence-corrected chi connectivity index (χ2v) is 7.09. The third kappa shape index (κ3) is 3.91. The van der Waals surface area contributed by atoms with Crippen molar-refractivity contribution in [1.29, 1.82) is 0 Å². The molecular formula is C10H12Br2N2O4S. The number of carbonyl (C=O) groups is 1. The summed E-state index contributed by atoms with van der Waals surface area (Å²) in [4.78, 5) is 11.1. The summed E-state index contributed by atoms with van der Waals surface area (Å²) in [5.74, 6) is -0.685. The number of methoxy groups -OCH3 is 1. The van der Waals surface area contributed by atoms with E-state index in [2.05, 4.69) is 41.3 Å². The molecule has 1 rings (SSSR count). The number of esters is 1. The maximum absolute atomic E-state index is 12.2. The molecule has 1 unspecified atom stereocenters. The molecule has 1 aromatic rings. The van der Waals surface area contributed by atoms with Crippen molar-refractivity contribution in [3.05, 3.63) is 21.1 Å². The average molecular weight is 416 g/mol. The minimum absolute atomic E-state index is 0.0609. The Hall–Kier alpha value is -0.640. The van der Waals surface area contributed by atoms with Gasteiger partial charge in [-0.25, -0.2) is 8.42 Å². The molecule has 0 aromatic heterocycles. The lowest BCUT2D eigenvalue weighted by atomic mass is 10.3. The summed E-state index contributed by atoms with van der Waals surface area (Å²) in [5.41, 5.74) is 5.76. The van der Waals surface area contributed by atoms with E-state index in [1.165, 1.54) is 20.1 Å².